The summed E-state index contributed by atoms with van der Waals surface area (Å²) < 4.78 is 45.9. The SMILES string of the molecule is COc1cc(F)c(F)c(Nc2ccc(C)cc2F)c1[N+](=O)[O-]. The van der Waals surface area contributed by atoms with Crippen molar-refractivity contribution in [2.24, 2.45) is 0 Å². The van der Waals surface area contributed by atoms with Gasteiger partial charge in [0, 0.05) is 6.07 Å². The van der Waals surface area contributed by atoms with Crippen LogP contribution in [0.2, 0.25) is 0 Å². The Morgan fingerprint density at radius 1 is 1.18 bits per heavy atom. The summed E-state index contributed by atoms with van der Waals surface area (Å²) in [7, 11) is 1.08. The van der Waals surface area contributed by atoms with Crippen molar-refractivity contribution < 1.29 is 22.8 Å². The monoisotopic (exact) mass is 312 g/mol. The number of aryl methyl sites for hydroxylation is 1. The van der Waals surface area contributed by atoms with E-state index >= 15 is 0 Å². The lowest BCUT2D eigenvalue weighted by Gasteiger charge is -2.12. The van der Waals surface area contributed by atoms with E-state index < -0.39 is 39.5 Å². The molecule has 0 heterocycles. The number of nitro groups is 1. The van der Waals surface area contributed by atoms with Crippen molar-refractivity contribution in [1.82, 2.24) is 0 Å². The minimum atomic E-state index is -1.49. The molecule has 0 amide bonds. The van der Waals surface area contributed by atoms with Crippen LogP contribution in [0.25, 0.3) is 0 Å². The van der Waals surface area contributed by atoms with Gasteiger partial charge in [-0.15, -0.1) is 0 Å². The van der Waals surface area contributed by atoms with Crippen LogP contribution in [0.5, 0.6) is 5.75 Å². The molecule has 0 spiro atoms. The molecule has 116 valence electrons. The lowest BCUT2D eigenvalue weighted by molar-refractivity contribution is -0.385. The van der Waals surface area contributed by atoms with Crippen LogP contribution in [0.4, 0.5) is 30.2 Å². The first-order valence-electron chi connectivity index (χ1n) is 6.08. The Hall–Kier alpha value is -2.77. The Bertz CT molecular complexity index is 751. The molecule has 5 nitrogen and oxygen atoms in total. The van der Waals surface area contributed by atoms with Gasteiger partial charge in [0.05, 0.1) is 17.7 Å². The normalized spacial score (nSPS) is 10.4. The summed E-state index contributed by atoms with van der Waals surface area (Å²) >= 11 is 0. The van der Waals surface area contributed by atoms with E-state index in [1.165, 1.54) is 12.1 Å². The third kappa shape index (κ3) is 2.80. The van der Waals surface area contributed by atoms with Crippen molar-refractivity contribution in [3.05, 3.63) is 57.4 Å². The summed E-state index contributed by atoms with van der Waals surface area (Å²) in [6.07, 6.45) is 0. The first kappa shape index (κ1) is 15.6. The van der Waals surface area contributed by atoms with Crippen LogP contribution in [-0.4, -0.2) is 12.0 Å². The minimum absolute atomic E-state index is 0.222. The van der Waals surface area contributed by atoms with Gasteiger partial charge in [0.15, 0.2) is 17.3 Å². The van der Waals surface area contributed by atoms with Gasteiger partial charge in [0.1, 0.15) is 5.82 Å². The molecule has 0 aliphatic heterocycles. The molecule has 0 fully saturated rings. The molecular formula is C14H11F3N2O3. The third-order valence-corrected chi connectivity index (χ3v) is 2.94. The van der Waals surface area contributed by atoms with Gasteiger partial charge in [-0.1, -0.05) is 6.07 Å². The Balaban J connectivity index is 2.62. The molecule has 22 heavy (non-hydrogen) atoms. The first-order chi connectivity index (χ1) is 10.3. The molecule has 0 atom stereocenters. The van der Waals surface area contributed by atoms with Gasteiger partial charge in [-0.2, -0.15) is 0 Å². The molecule has 0 aliphatic carbocycles. The van der Waals surface area contributed by atoms with Crippen LogP contribution >= 0.6 is 0 Å². The Kier molecular flexibility index (Phi) is 4.20. The summed E-state index contributed by atoms with van der Waals surface area (Å²) in [5, 5.41) is 13.3. The summed E-state index contributed by atoms with van der Waals surface area (Å²) in [4.78, 5) is 10.2. The highest BCUT2D eigenvalue weighted by Gasteiger charge is 2.28. The molecule has 8 heteroatoms. The second-order valence-corrected chi connectivity index (χ2v) is 4.46. The summed E-state index contributed by atoms with van der Waals surface area (Å²) in [5.41, 5.74) is -1.24. The van der Waals surface area contributed by atoms with Gasteiger partial charge in [-0.25, -0.2) is 13.2 Å². The highest BCUT2D eigenvalue weighted by Crippen LogP contribution is 2.40. The smallest absolute Gasteiger partial charge is 0.337 e. The summed E-state index contributed by atoms with van der Waals surface area (Å²) in [6.45, 7) is 1.64. The second-order valence-electron chi connectivity index (χ2n) is 4.46. The van der Waals surface area contributed by atoms with Crippen molar-refractivity contribution in [3.63, 3.8) is 0 Å². The molecule has 0 bridgehead atoms. The van der Waals surface area contributed by atoms with Gasteiger partial charge < -0.3 is 10.1 Å². The number of anilines is 2. The number of nitro benzene ring substituents is 1. The standard InChI is InChI=1S/C14H11F3N2O3/c1-7-3-4-10(8(15)5-7)18-13-12(17)9(16)6-11(22-2)14(13)19(20)21/h3-6,18H,1-2H3. The average molecular weight is 312 g/mol. The maximum Gasteiger partial charge on any atom is 0.337 e. The molecule has 0 aliphatic rings. The van der Waals surface area contributed by atoms with E-state index in [-0.39, 0.29) is 5.69 Å². The number of benzene rings is 2. The Morgan fingerprint density at radius 2 is 1.86 bits per heavy atom. The van der Waals surface area contributed by atoms with E-state index in [4.69, 9.17) is 0 Å². The molecule has 2 aromatic rings. The lowest BCUT2D eigenvalue weighted by atomic mass is 10.2. The fourth-order valence-corrected chi connectivity index (χ4v) is 1.90. The van der Waals surface area contributed by atoms with E-state index in [9.17, 15) is 23.3 Å². The van der Waals surface area contributed by atoms with E-state index in [1.807, 2.05) is 0 Å². The number of nitrogens with zero attached hydrogens (tertiary/aromatic N) is 1. The third-order valence-electron chi connectivity index (χ3n) is 2.94. The minimum Gasteiger partial charge on any atom is -0.490 e. The van der Waals surface area contributed by atoms with Crippen LogP contribution in [0.15, 0.2) is 24.3 Å². The van der Waals surface area contributed by atoms with Crippen LogP contribution in [-0.2, 0) is 0 Å². The number of hydrogen-bond acceptors (Lipinski definition) is 4. The highest BCUT2D eigenvalue weighted by molar-refractivity contribution is 5.75. The zero-order valence-corrected chi connectivity index (χ0v) is 11.6. The molecule has 2 rings (SSSR count). The first-order valence-corrected chi connectivity index (χ1v) is 6.08. The molecule has 2 aromatic carbocycles. The number of rotatable bonds is 4. The van der Waals surface area contributed by atoms with E-state index in [1.54, 1.807) is 6.92 Å². The van der Waals surface area contributed by atoms with Gasteiger partial charge in [-0.05, 0) is 24.6 Å². The van der Waals surface area contributed by atoms with Gasteiger partial charge in [0.25, 0.3) is 0 Å². The van der Waals surface area contributed by atoms with Gasteiger partial charge in [-0.3, -0.25) is 10.1 Å². The average Bonchev–Trinajstić information content (AvgIpc) is 2.45. The van der Waals surface area contributed by atoms with Gasteiger partial charge >= 0.3 is 5.69 Å². The van der Waals surface area contributed by atoms with E-state index in [2.05, 4.69) is 10.1 Å². The quantitative estimate of drug-likeness (QED) is 0.682. The molecule has 0 saturated heterocycles. The maximum atomic E-state index is 13.9. The predicted octanol–water partition coefficient (Wildman–Crippen LogP) is 4.07. The maximum absolute atomic E-state index is 13.9. The van der Waals surface area contributed by atoms with Crippen LogP contribution in [0.1, 0.15) is 5.56 Å². The zero-order valence-electron chi connectivity index (χ0n) is 11.6. The number of methoxy groups -OCH3 is 1. The molecule has 0 radical (unpaired) electrons. The zero-order chi connectivity index (χ0) is 16.4. The van der Waals surface area contributed by atoms with E-state index in [0.717, 1.165) is 13.2 Å². The number of hydrogen-bond donors (Lipinski definition) is 1. The van der Waals surface area contributed by atoms with Crippen LogP contribution in [0.3, 0.4) is 0 Å². The van der Waals surface area contributed by atoms with Gasteiger partial charge in [0.2, 0.25) is 5.75 Å². The van der Waals surface area contributed by atoms with Crippen LogP contribution in [0, 0.1) is 34.5 Å². The molecule has 0 saturated carbocycles. The fourth-order valence-electron chi connectivity index (χ4n) is 1.90. The molecule has 0 unspecified atom stereocenters. The summed E-state index contributed by atoms with van der Waals surface area (Å²) in [6, 6.07) is 4.50. The highest BCUT2D eigenvalue weighted by atomic mass is 19.2. The fraction of sp³-hybridized carbons (Fsp3) is 0.143. The van der Waals surface area contributed by atoms with Crippen molar-refractivity contribution in [2.45, 2.75) is 6.92 Å². The molecule has 1 N–H and O–H groups in total. The Morgan fingerprint density at radius 3 is 2.41 bits per heavy atom. The molecule has 0 aromatic heterocycles. The molecular weight excluding hydrogens is 301 g/mol. The van der Waals surface area contributed by atoms with E-state index in [0.29, 0.717) is 11.6 Å². The topological polar surface area (TPSA) is 64.4 Å². The lowest BCUT2D eigenvalue weighted by Crippen LogP contribution is -2.05. The van der Waals surface area contributed by atoms with Crippen molar-refractivity contribution >= 4 is 17.1 Å². The number of ether oxygens (including phenoxy) is 1. The number of nitrogens with one attached hydrogen (secondary N) is 1. The summed E-state index contributed by atoms with van der Waals surface area (Å²) in [5.74, 6) is -4.07. The number of halogens is 3. The Labute approximate surface area is 123 Å². The second kappa shape index (κ2) is 5.92. The predicted molar refractivity (Wildman–Crippen MR) is 74.0 cm³/mol. The van der Waals surface area contributed by atoms with Crippen molar-refractivity contribution in [3.8, 4) is 5.75 Å². The largest absolute Gasteiger partial charge is 0.490 e. The van der Waals surface area contributed by atoms with Crippen molar-refractivity contribution in [2.75, 3.05) is 12.4 Å². The van der Waals surface area contributed by atoms with Crippen LogP contribution < -0.4 is 10.1 Å². The van der Waals surface area contributed by atoms with Crippen molar-refractivity contribution in [1.29, 1.82) is 0 Å².